The number of carbonyl (C=O) groups is 1. The zero-order valence-corrected chi connectivity index (χ0v) is 12.0. The van der Waals surface area contributed by atoms with E-state index in [9.17, 15) is 26.7 Å². The molecule has 10 heteroatoms. The molecule has 1 aromatic rings. The number of anilines is 1. The van der Waals surface area contributed by atoms with Crippen molar-refractivity contribution in [2.75, 3.05) is 25.6 Å². The topological polar surface area (TPSA) is 56.8 Å². The van der Waals surface area contributed by atoms with Crippen molar-refractivity contribution in [3.63, 3.8) is 0 Å². The summed E-state index contributed by atoms with van der Waals surface area (Å²) < 4.78 is 73.4. The van der Waals surface area contributed by atoms with Crippen LogP contribution in [0.25, 0.3) is 0 Å². The van der Waals surface area contributed by atoms with Gasteiger partial charge in [-0.05, 0) is 12.1 Å². The summed E-state index contributed by atoms with van der Waals surface area (Å²) in [5.41, 5.74) is 0.127. The Morgan fingerprint density at radius 1 is 1.26 bits per heavy atom. The number of carbonyl (C=O) groups excluding carboxylic acids is 1. The molecule has 1 rings (SSSR count). The molecule has 130 valence electrons. The molecule has 5 nitrogen and oxygen atoms in total. The average molecular weight is 343 g/mol. The van der Waals surface area contributed by atoms with Crippen LogP contribution in [-0.4, -0.2) is 39.0 Å². The molecule has 0 saturated heterocycles. The maximum Gasteiger partial charge on any atom is 0.411 e. The van der Waals surface area contributed by atoms with Crippen LogP contribution in [-0.2, 0) is 9.53 Å². The number of benzene rings is 1. The summed E-state index contributed by atoms with van der Waals surface area (Å²) in [4.78, 5) is 11.5. The van der Waals surface area contributed by atoms with E-state index in [4.69, 9.17) is 4.74 Å². The molecule has 0 unspecified atom stereocenters. The number of amides is 1. The number of methoxy groups -OCH3 is 1. The van der Waals surface area contributed by atoms with E-state index in [1.54, 1.807) is 0 Å². The van der Waals surface area contributed by atoms with Crippen LogP contribution in [0.1, 0.15) is 6.42 Å². The Morgan fingerprint density at radius 2 is 1.96 bits per heavy atom. The summed E-state index contributed by atoms with van der Waals surface area (Å²) >= 11 is 0. The normalized spacial score (nSPS) is 11.4. The zero-order valence-electron chi connectivity index (χ0n) is 12.0. The van der Waals surface area contributed by atoms with E-state index >= 15 is 0 Å². The van der Waals surface area contributed by atoms with Crippen LogP contribution in [0.4, 0.5) is 27.6 Å². The van der Waals surface area contributed by atoms with Gasteiger partial charge in [-0.1, -0.05) is 0 Å². The van der Waals surface area contributed by atoms with Gasteiger partial charge >= 0.3 is 12.8 Å². The second-order valence-electron chi connectivity index (χ2n) is 4.21. The van der Waals surface area contributed by atoms with E-state index in [-0.39, 0.29) is 23.6 Å². The molecule has 0 aliphatic carbocycles. The van der Waals surface area contributed by atoms with Gasteiger partial charge in [-0.3, -0.25) is 4.79 Å². The summed E-state index contributed by atoms with van der Waals surface area (Å²) in [5.74, 6) is -0.884. The molecule has 23 heavy (non-hydrogen) atoms. The molecule has 0 aromatic heterocycles. The van der Waals surface area contributed by atoms with Crippen LogP contribution in [0.15, 0.2) is 18.2 Å². The van der Waals surface area contributed by atoms with Crippen LogP contribution < -0.4 is 14.8 Å². The lowest BCUT2D eigenvalue weighted by molar-refractivity contribution is -0.174. The molecular formula is C13H14F5NO4. The van der Waals surface area contributed by atoms with E-state index in [1.807, 2.05) is 0 Å². The van der Waals surface area contributed by atoms with E-state index in [2.05, 4.69) is 14.8 Å². The Hall–Kier alpha value is -2.10. The largest absolute Gasteiger partial charge is 0.493 e. The van der Waals surface area contributed by atoms with Gasteiger partial charge in [0.05, 0.1) is 20.1 Å². The van der Waals surface area contributed by atoms with Gasteiger partial charge in [-0.2, -0.15) is 22.0 Å². The third kappa shape index (κ3) is 7.63. The molecule has 1 N–H and O–H groups in total. The van der Waals surface area contributed by atoms with Crippen LogP contribution in [0.2, 0.25) is 0 Å². The van der Waals surface area contributed by atoms with Crippen LogP contribution in [0.5, 0.6) is 11.5 Å². The smallest absolute Gasteiger partial charge is 0.411 e. The Kier molecular flexibility index (Phi) is 7.01. The highest BCUT2D eigenvalue weighted by Crippen LogP contribution is 2.31. The third-order valence-electron chi connectivity index (χ3n) is 2.40. The minimum Gasteiger partial charge on any atom is -0.493 e. The lowest BCUT2D eigenvalue weighted by Crippen LogP contribution is -2.20. The SMILES string of the molecule is COc1ccc(NC(=O)CCOCC(F)(F)F)cc1OC(F)F. The zero-order chi connectivity index (χ0) is 17.5. The molecule has 0 spiro atoms. The summed E-state index contributed by atoms with van der Waals surface area (Å²) in [7, 11) is 1.25. The fourth-order valence-electron chi connectivity index (χ4n) is 1.52. The van der Waals surface area contributed by atoms with Gasteiger partial charge in [-0.25, -0.2) is 0 Å². The Morgan fingerprint density at radius 3 is 2.52 bits per heavy atom. The molecule has 0 radical (unpaired) electrons. The number of ether oxygens (including phenoxy) is 3. The van der Waals surface area contributed by atoms with Gasteiger partial charge in [0.2, 0.25) is 5.91 Å². The number of hydrogen-bond acceptors (Lipinski definition) is 4. The van der Waals surface area contributed by atoms with Crippen molar-refractivity contribution in [1.29, 1.82) is 0 Å². The first-order valence-corrected chi connectivity index (χ1v) is 6.28. The molecule has 0 aliphatic heterocycles. The summed E-state index contributed by atoms with van der Waals surface area (Å²) in [6.07, 6.45) is -4.79. The van der Waals surface area contributed by atoms with Crippen molar-refractivity contribution in [2.45, 2.75) is 19.2 Å². The number of alkyl halides is 5. The minimum absolute atomic E-state index is 0.0387. The number of rotatable bonds is 8. The fraction of sp³-hybridized carbons (Fsp3) is 0.462. The summed E-state index contributed by atoms with van der Waals surface area (Å²) in [5, 5.41) is 2.32. The molecule has 0 bridgehead atoms. The van der Waals surface area contributed by atoms with Crippen molar-refractivity contribution < 1.29 is 41.0 Å². The van der Waals surface area contributed by atoms with Gasteiger partial charge in [0, 0.05) is 11.8 Å². The molecule has 0 fully saturated rings. The molecular weight excluding hydrogens is 329 g/mol. The van der Waals surface area contributed by atoms with Crippen LogP contribution in [0, 0.1) is 0 Å². The molecule has 1 amide bonds. The Labute approximate surface area is 128 Å². The minimum atomic E-state index is -4.46. The second-order valence-corrected chi connectivity index (χ2v) is 4.21. The quantitative estimate of drug-likeness (QED) is 0.582. The monoisotopic (exact) mass is 343 g/mol. The summed E-state index contributed by atoms with van der Waals surface area (Å²) in [6.45, 7) is -4.96. The highest BCUT2D eigenvalue weighted by atomic mass is 19.4. The maximum absolute atomic E-state index is 12.3. The standard InChI is InChI=1S/C13H14F5NO4/c1-21-9-3-2-8(6-10(9)23-12(14)15)19-11(20)4-5-22-7-13(16,17)18/h2-3,6,12H,4-5,7H2,1H3,(H,19,20). The first-order chi connectivity index (χ1) is 10.7. The third-order valence-corrected chi connectivity index (χ3v) is 2.40. The van der Waals surface area contributed by atoms with E-state index < -0.39 is 31.9 Å². The molecule has 0 heterocycles. The van der Waals surface area contributed by atoms with Crippen LogP contribution in [0.3, 0.4) is 0 Å². The lowest BCUT2D eigenvalue weighted by atomic mass is 10.2. The van der Waals surface area contributed by atoms with Crippen molar-refractivity contribution in [3.05, 3.63) is 18.2 Å². The van der Waals surface area contributed by atoms with Crippen molar-refractivity contribution >= 4 is 11.6 Å². The van der Waals surface area contributed by atoms with E-state index in [1.165, 1.54) is 19.2 Å². The first kappa shape index (κ1) is 18.9. The Balaban J connectivity index is 2.54. The predicted molar refractivity (Wildman–Crippen MR) is 69.7 cm³/mol. The number of halogens is 5. The highest BCUT2D eigenvalue weighted by molar-refractivity contribution is 5.91. The second kappa shape index (κ2) is 8.51. The van der Waals surface area contributed by atoms with Gasteiger partial charge < -0.3 is 19.5 Å². The molecule has 0 atom stereocenters. The Bertz CT molecular complexity index is 522. The molecule has 0 aliphatic rings. The molecule has 0 saturated carbocycles. The van der Waals surface area contributed by atoms with Crippen molar-refractivity contribution in [3.8, 4) is 11.5 Å². The number of nitrogens with one attached hydrogen (secondary N) is 1. The van der Waals surface area contributed by atoms with E-state index in [0.29, 0.717) is 0 Å². The van der Waals surface area contributed by atoms with Gasteiger partial charge in [-0.15, -0.1) is 0 Å². The van der Waals surface area contributed by atoms with Gasteiger partial charge in [0.15, 0.2) is 11.5 Å². The van der Waals surface area contributed by atoms with Gasteiger partial charge in [0.1, 0.15) is 6.61 Å². The predicted octanol–water partition coefficient (Wildman–Crippen LogP) is 3.20. The first-order valence-electron chi connectivity index (χ1n) is 6.28. The fourth-order valence-corrected chi connectivity index (χ4v) is 1.52. The van der Waals surface area contributed by atoms with Crippen molar-refractivity contribution in [1.82, 2.24) is 0 Å². The molecule has 1 aromatic carbocycles. The average Bonchev–Trinajstić information content (AvgIpc) is 2.42. The van der Waals surface area contributed by atoms with Gasteiger partial charge in [0.25, 0.3) is 0 Å². The highest BCUT2D eigenvalue weighted by Gasteiger charge is 2.27. The number of hydrogen-bond donors (Lipinski definition) is 1. The van der Waals surface area contributed by atoms with Crippen molar-refractivity contribution in [2.24, 2.45) is 0 Å². The van der Waals surface area contributed by atoms with E-state index in [0.717, 1.165) is 6.07 Å². The maximum atomic E-state index is 12.3. The summed E-state index contributed by atoms with van der Waals surface area (Å²) in [6, 6.07) is 3.78. The lowest BCUT2D eigenvalue weighted by Gasteiger charge is -2.12. The van der Waals surface area contributed by atoms with Crippen LogP contribution >= 0.6 is 0 Å².